The lowest BCUT2D eigenvalue weighted by molar-refractivity contribution is 0.120. The maximum absolute atomic E-state index is 9.12. The highest BCUT2D eigenvalue weighted by atomic mass is 35.5. The van der Waals surface area contributed by atoms with Crippen molar-refractivity contribution in [1.82, 2.24) is 9.88 Å². The first-order valence-corrected chi connectivity index (χ1v) is 12.3. The molecular weight excluding hydrogens is 458 g/mol. The number of rotatable bonds is 6. The van der Waals surface area contributed by atoms with E-state index in [0.29, 0.717) is 28.6 Å². The number of oxime groups is 1. The highest BCUT2D eigenvalue weighted by molar-refractivity contribution is 6.30. The van der Waals surface area contributed by atoms with Crippen LogP contribution in [-0.4, -0.2) is 47.5 Å². The van der Waals surface area contributed by atoms with Gasteiger partial charge in [-0.05, 0) is 66.1 Å². The van der Waals surface area contributed by atoms with Crippen molar-refractivity contribution < 1.29 is 9.94 Å². The number of halogens is 1. The minimum Gasteiger partial charge on any atom is -0.492 e. The van der Waals surface area contributed by atoms with Crippen molar-refractivity contribution in [3.05, 3.63) is 82.6 Å². The highest BCUT2D eigenvalue weighted by Crippen LogP contribution is 2.23. The van der Waals surface area contributed by atoms with Crippen molar-refractivity contribution >= 4 is 17.8 Å². The smallest absolute Gasteiger partial charge is 0.128 e. The van der Waals surface area contributed by atoms with E-state index in [1.54, 1.807) is 6.20 Å². The van der Waals surface area contributed by atoms with Crippen LogP contribution >= 0.6 is 11.6 Å². The van der Waals surface area contributed by atoms with Gasteiger partial charge in [-0.15, -0.1) is 0 Å². The Kier molecular flexibility index (Phi) is 8.41. The molecule has 1 N–H and O–H groups in total. The first-order valence-electron chi connectivity index (χ1n) is 11.9. The van der Waals surface area contributed by atoms with Crippen LogP contribution in [0.1, 0.15) is 37.1 Å². The second-order valence-electron chi connectivity index (χ2n) is 9.24. The van der Waals surface area contributed by atoms with E-state index in [0.717, 1.165) is 48.2 Å². The van der Waals surface area contributed by atoms with Gasteiger partial charge in [0.2, 0.25) is 0 Å². The van der Waals surface area contributed by atoms with Gasteiger partial charge in [0.25, 0.3) is 0 Å². The van der Waals surface area contributed by atoms with Gasteiger partial charge >= 0.3 is 0 Å². The Balaban J connectivity index is 1.40. The Bertz CT molecular complexity index is 1200. The number of hydrogen-bond donors (Lipinski definition) is 1. The summed E-state index contributed by atoms with van der Waals surface area (Å²) in [5, 5.41) is 13.0. The number of likely N-dealkylation sites (tertiary alicyclic amines) is 1. The third-order valence-electron chi connectivity index (χ3n) is 6.09. The number of benzene rings is 2. The number of pyridine rings is 1. The van der Waals surface area contributed by atoms with Crippen LogP contribution in [0.25, 0.3) is 11.1 Å². The van der Waals surface area contributed by atoms with Crippen LogP contribution in [0.4, 0.5) is 0 Å². The highest BCUT2D eigenvalue weighted by Gasteiger charge is 2.21. The summed E-state index contributed by atoms with van der Waals surface area (Å²) in [4.78, 5) is 6.92. The Morgan fingerprint density at radius 1 is 1.06 bits per heavy atom. The number of piperidine rings is 1. The molecular formula is C29H30ClN3O2. The van der Waals surface area contributed by atoms with Crippen LogP contribution in [0.5, 0.6) is 5.75 Å². The molecule has 180 valence electrons. The average Bonchev–Trinajstić information content (AvgIpc) is 2.84. The molecule has 2 atom stereocenters. The van der Waals surface area contributed by atoms with E-state index in [4.69, 9.17) is 21.5 Å². The molecule has 0 amide bonds. The van der Waals surface area contributed by atoms with E-state index in [1.807, 2.05) is 54.6 Å². The zero-order valence-electron chi connectivity index (χ0n) is 20.1. The van der Waals surface area contributed by atoms with E-state index < -0.39 is 0 Å². The summed E-state index contributed by atoms with van der Waals surface area (Å²) in [5.41, 5.74) is 4.20. The van der Waals surface area contributed by atoms with Gasteiger partial charge in [0.1, 0.15) is 18.1 Å². The molecule has 0 aliphatic carbocycles. The molecule has 3 aromatic rings. The van der Waals surface area contributed by atoms with Crippen molar-refractivity contribution in [2.24, 2.45) is 17.0 Å². The quantitative estimate of drug-likeness (QED) is 0.201. The summed E-state index contributed by atoms with van der Waals surface area (Å²) >= 11 is 5.97. The molecule has 1 aliphatic rings. The van der Waals surface area contributed by atoms with Crippen molar-refractivity contribution in [3.8, 4) is 28.7 Å². The number of aromatic nitrogens is 1. The van der Waals surface area contributed by atoms with Gasteiger partial charge in [0, 0.05) is 47.5 Å². The molecule has 0 bridgehead atoms. The molecule has 5 nitrogen and oxygen atoms in total. The van der Waals surface area contributed by atoms with Crippen LogP contribution in [0.3, 0.4) is 0 Å². The number of ether oxygens (including phenoxy) is 1. The fourth-order valence-electron chi connectivity index (χ4n) is 4.60. The minimum absolute atomic E-state index is 0.584. The maximum atomic E-state index is 9.12. The average molecular weight is 488 g/mol. The van der Waals surface area contributed by atoms with Crippen LogP contribution in [0, 0.1) is 23.7 Å². The lowest BCUT2D eigenvalue weighted by atomic mass is 9.92. The Labute approximate surface area is 212 Å². The van der Waals surface area contributed by atoms with Crippen molar-refractivity contribution in [3.63, 3.8) is 0 Å². The molecule has 1 aliphatic heterocycles. The normalized spacial score (nSPS) is 18.3. The van der Waals surface area contributed by atoms with E-state index in [-0.39, 0.29) is 0 Å². The molecule has 0 radical (unpaired) electrons. The topological polar surface area (TPSA) is 58.0 Å². The fraction of sp³-hybridized carbons (Fsp3) is 0.310. The van der Waals surface area contributed by atoms with Crippen molar-refractivity contribution in [2.75, 3.05) is 26.2 Å². The van der Waals surface area contributed by atoms with Crippen LogP contribution in [0.15, 0.2) is 65.9 Å². The molecule has 4 rings (SSSR count). The summed E-state index contributed by atoms with van der Waals surface area (Å²) in [6, 6.07) is 17.2. The molecule has 0 spiro atoms. The van der Waals surface area contributed by atoms with Crippen molar-refractivity contribution in [1.29, 1.82) is 0 Å². The second kappa shape index (κ2) is 11.9. The van der Waals surface area contributed by atoms with Crippen LogP contribution in [0.2, 0.25) is 5.02 Å². The summed E-state index contributed by atoms with van der Waals surface area (Å²) in [7, 11) is 0. The second-order valence-corrected chi connectivity index (χ2v) is 9.68. The van der Waals surface area contributed by atoms with Crippen LogP contribution in [-0.2, 0) is 0 Å². The lowest BCUT2D eigenvalue weighted by Gasteiger charge is -2.34. The van der Waals surface area contributed by atoms with Gasteiger partial charge < -0.3 is 9.94 Å². The third-order valence-corrected chi connectivity index (χ3v) is 6.34. The van der Waals surface area contributed by atoms with Gasteiger partial charge in [-0.25, -0.2) is 4.98 Å². The fourth-order valence-corrected chi connectivity index (χ4v) is 4.72. The van der Waals surface area contributed by atoms with Crippen LogP contribution < -0.4 is 4.74 Å². The molecule has 2 unspecified atom stereocenters. The number of hydrogen-bond acceptors (Lipinski definition) is 5. The predicted octanol–water partition coefficient (Wildman–Crippen LogP) is 5.97. The molecule has 1 aromatic heterocycles. The molecule has 2 aromatic carbocycles. The monoisotopic (exact) mass is 487 g/mol. The van der Waals surface area contributed by atoms with Gasteiger partial charge in [-0.3, -0.25) is 4.90 Å². The predicted molar refractivity (Wildman–Crippen MR) is 141 cm³/mol. The van der Waals surface area contributed by atoms with Gasteiger partial charge in [-0.1, -0.05) is 54.7 Å². The molecule has 6 heteroatoms. The van der Waals surface area contributed by atoms with Crippen molar-refractivity contribution in [2.45, 2.75) is 20.3 Å². The summed E-state index contributed by atoms with van der Waals surface area (Å²) < 4.78 is 6.03. The Morgan fingerprint density at radius 2 is 1.80 bits per heavy atom. The number of nitrogens with zero attached hydrogens (tertiary/aromatic N) is 3. The molecule has 2 heterocycles. The SMILES string of the molecule is CC1CC(C)CN(CCOc2ccc(C#Cc3ccc(-c4ccc(Cl)cc4)cn3)cc2/C=N/O)C1. The van der Waals surface area contributed by atoms with E-state index in [9.17, 15) is 0 Å². The summed E-state index contributed by atoms with van der Waals surface area (Å²) in [6.45, 7) is 8.30. The minimum atomic E-state index is 0.584. The summed E-state index contributed by atoms with van der Waals surface area (Å²) in [6.07, 6.45) is 4.47. The Hall–Kier alpha value is -3.33. The lowest BCUT2D eigenvalue weighted by Crippen LogP contribution is -2.40. The first-order chi connectivity index (χ1) is 17.0. The molecule has 1 saturated heterocycles. The van der Waals surface area contributed by atoms with Gasteiger partial charge in [-0.2, -0.15) is 0 Å². The Morgan fingerprint density at radius 3 is 2.49 bits per heavy atom. The van der Waals surface area contributed by atoms with E-state index in [1.165, 1.54) is 12.6 Å². The maximum Gasteiger partial charge on any atom is 0.128 e. The third kappa shape index (κ3) is 7.08. The van der Waals surface area contributed by atoms with E-state index >= 15 is 0 Å². The molecule has 1 fully saturated rings. The zero-order valence-corrected chi connectivity index (χ0v) is 20.9. The molecule has 0 saturated carbocycles. The first kappa shape index (κ1) is 24.8. The van der Waals surface area contributed by atoms with Gasteiger partial charge in [0.05, 0.1) is 6.21 Å². The zero-order chi connectivity index (χ0) is 24.6. The molecule has 35 heavy (non-hydrogen) atoms. The standard InChI is InChI=1S/C29H30ClN3O2/c1-21-15-22(2)20-33(19-21)13-14-35-29-12-4-23(16-26(29)18-32-34)3-10-28-11-7-25(17-31-28)24-5-8-27(30)9-6-24/h4-9,11-12,16-18,21-22,34H,13-15,19-20H2,1-2H3/b32-18+. The largest absolute Gasteiger partial charge is 0.492 e. The summed E-state index contributed by atoms with van der Waals surface area (Å²) in [5.74, 6) is 8.35. The van der Waals surface area contributed by atoms with Gasteiger partial charge in [0.15, 0.2) is 0 Å². The van der Waals surface area contributed by atoms with E-state index in [2.05, 4.69) is 40.7 Å².